The molecule has 1 spiro atoms. The number of hydrogen-bond acceptors (Lipinski definition) is 0. The van der Waals surface area contributed by atoms with E-state index in [-0.39, 0.29) is 5.41 Å². The zero-order valence-corrected chi connectivity index (χ0v) is 20.1. The third kappa shape index (κ3) is 2.39. The quantitative estimate of drug-likeness (QED) is 0.231. The number of hydrogen-bond donors (Lipinski definition) is 0. The molecule has 0 saturated heterocycles. The maximum Gasteiger partial charge on any atom is 0.0725 e. The minimum Gasteiger partial charge on any atom is -0.0619 e. The Kier molecular flexibility index (Phi) is 3.89. The smallest absolute Gasteiger partial charge is 0.0619 e. The molecule has 2 aliphatic carbocycles. The van der Waals surface area contributed by atoms with Gasteiger partial charge in [-0.05, 0) is 79.4 Å². The Labute approximate surface area is 211 Å². The molecule has 8 rings (SSSR count). The average molecular weight is 457 g/mol. The van der Waals surface area contributed by atoms with E-state index in [0.29, 0.717) is 0 Å². The summed E-state index contributed by atoms with van der Waals surface area (Å²) < 4.78 is 0. The lowest BCUT2D eigenvalue weighted by Crippen LogP contribution is -2.26. The van der Waals surface area contributed by atoms with Gasteiger partial charge in [0, 0.05) is 0 Å². The molecule has 0 heterocycles. The van der Waals surface area contributed by atoms with Gasteiger partial charge in [-0.1, -0.05) is 127 Å². The molecule has 0 bridgehead atoms. The van der Waals surface area contributed by atoms with Gasteiger partial charge in [-0.15, -0.1) is 0 Å². The van der Waals surface area contributed by atoms with Gasteiger partial charge in [-0.2, -0.15) is 0 Å². The van der Waals surface area contributed by atoms with E-state index in [2.05, 4.69) is 134 Å². The van der Waals surface area contributed by atoms with Gasteiger partial charge in [0.2, 0.25) is 0 Å². The Morgan fingerprint density at radius 3 is 1.75 bits per heavy atom. The fourth-order valence-electron chi connectivity index (χ4n) is 6.90. The van der Waals surface area contributed by atoms with Crippen LogP contribution in [0.15, 0.2) is 127 Å². The summed E-state index contributed by atoms with van der Waals surface area (Å²) in [5.74, 6) is 0. The minimum atomic E-state index is -0.301. The van der Waals surface area contributed by atoms with Gasteiger partial charge >= 0.3 is 0 Å². The molecule has 0 N–H and O–H groups in total. The summed E-state index contributed by atoms with van der Waals surface area (Å²) in [6.45, 7) is 2.21. The predicted octanol–water partition coefficient (Wildman–Crippen LogP) is 9.16. The van der Waals surface area contributed by atoms with E-state index in [9.17, 15) is 0 Å². The van der Waals surface area contributed by atoms with Crippen molar-refractivity contribution in [1.82, 2.24) is 0 Å². The van der Waals surface area contributed by atoms with Gasteiger partial charge < -0.3 is 0 Å². The van der Waals surface area contributed by atoms with Crippen LogP contribution in [0.5, 0.6) is 0 Å². The molecule has 0 saturated carbocycles. The van der Waals surface area contributed by atoms with Gasteiger partial charge in [0.1, 0.15) is 0 Å². The number of rotatable bonds is 1. The zero-order chi connectivity index (χ0) is 23.9. The highest BCUT2D eigenvalue weighted by Gasteiger charge is 2.51. The second-order valence-electron chi connectivity index (χ2n) is 10.2. The number of fused-ring (bicyclic) bond motifs is 11. The first-order chi connectivity index (χ1) is 17.8. The van der Waals surface area contributed by atoms with Crippen LogP contribution in [0.4, 0.5) is 0 Å². The Balaban J connectivity index is 1.51. The molecule has 0 aliphatic heterocycles. The standard InChI is InChI=1S/C36H24/c1-23-17-19-30-31-20-18-25(27-14-8-10-24-9-2-3-11-26(24)27)22-35(31)36(34(30)21-23)32-15-6-4-12-28(32)29-13-5-7-16-33(29)36/h2-22H,1H3. The summed E-state index contributed by atoms with van der Waals surface area (Å²) in [6.07, 6.45) is 0. The topological polar surface area (TPSA) is 0 Å². The van der Waals surface area contributed by atoms with Crippen molar-refractivity contribution in [3.8, 4) is 33.4 Å². The van der Waals surface area contributed by atoms with Gasteiger partial charge in [-0.3, -0.25) is 0 Å². The largest absolute Gasteiger partial charge is 0.0725 e. The van der Waals surface area contributed by atoms with Crippen LogP contribution in [-0.2, 0) is 5.41 Å². The lowest BCUT2D eigenvalue weighted by Gasteiger charge is -2.31. The molecular weight excluding hydrogens is 432 g/mol. The van der Waals surface area contributed by atoms with E-state index in [4.69, 9.17) is 0 Å². The monoisotopic (exact) mass is 456 g/mol. The first-order valence-electron chi connectivity index (χ1n) is 12.7. The maximum absolute atomic E-state index is 2.48. The van der Waals surface area contributed by atoms with Crippen molar-refractivity contribution in [2.24, 2.45) is 0 Å². The van der Waals surface area contributed by atoms with Crippen LogP contribution in [0.1, 0.15) is 27.8 Å². The molecule has 6 aromatic rings. The molecule has 36 heavy (non-hydrogen) atoms. The third-order valence-corrected chi connectivity index (χ3v) is 8.35. The van der Waals surface area contributed by atoms with Crippen LogP contribution < -0.4 is 0 Å². The SMILES string of the molecule is Cc1ccc2c(c1)C1(c3ccccc3-c3ccccc31)c1cc(-c3cccc4ccccc34)ccc1-2. The molecule has 0 radical (unpaired) electrons. The fraction of sp³-hybridized carbons (Fsp3) is 0.0556. The Morgan fingerprint density at radius 2 is 0.972 bits per heavy atom. The average Bonchev–Trinajstić information content (AvgIpc) is 3.39. The van der Waals surface area contributed by atoms with E-state index in [1.807, 2.05) is 0 Å². The molecular formula is C36H24. The first-order valence-corrected chi connectivity index (χ1v) is 12.7. The van der Waals surface area contributed by atoms with E-state index in [1.54, 1.807) is 0 Å². The van der Waals surface area contributed by atoms with E-state index in [0.717, 1.165) is 0 Å². The molecule has 0 aromatic heterocycles. The summed E-state index contributed by atoms with van der Waals surface area (Å²) in [5, 5.41) is 2.58. The van der Waals surface area contributed by atoms with Crippen LogP contribution in [0.2, 0.25) is 0 Å². The molecule has 2 aliphatic rings. The van der Waals surface area contributed by atoms with Crippen molar-refractivity contribution in [3.05, 3.63) is 155 Å². The van der Waals surface area contributed by atoms with Crippen LogP contribution in [0, 0.1) is 6.92 Å². The minimum absolute atomic E-state index is 0.301. The fourth-order valence-corrected chi connectivity index (χ4v) is 6.90. The number of benzene rings is 6. The molecule has 0 nitrogen and oxygen atoms in total. The summed E-state index contributed by atoms with van der Waals surface area (Å²) in [5.41, 5.74) is 14.6. The third-order valence-electron chi connectivity index (χ3n) is 8.35. The molecule has 6 aromatic carbocycles. The van der Waals surface area contributed by atoms with E-state index >= 15 is 0 Å². The molecule has 0 unspecified atom stereocenters. The Morgan fingerprint density at radius 1 is 0.417 bits per heavy atom. The van der Waals surface area contributed by atoms with Crippen LogP contribution >= 0.6 is 0 Å². The second kappa shape index (κ2) is 7.06. The van der Waals surface area contributed by atoms with Gasteiger partial charge in [0.25, 0.3) is 0 Å². The van der Waals surface area contributed by atoms with Crippen LogP contribution in [0.3, 0.4) is 0 Å². The van der Waals surface area contributed by atoms with Gasteiger partial charge in [-0.25, -0.2) is 0 Å². The zero-order valence-electron chi connectivity index (χ0n) is 20.1. The highest BCUT2D eigenvalue weighted by Crippen LogP contribution is 2.63. The molecule has 168 valence electrons. The summed E-state index contributed by atoms with van der Waals surface area (Å²) in [4.78, 5) is 0. The molecule has 0 amide bonds. The van der Waals surface area contributed by atoms with Crippen molar-refractivity contribution < 1.29 is 0 Å². The molecule has 0 atom stereocenters. The molecule has 0 fully saturated rings. The summed E-state index contributed by atoms with van der Waals surface area (Å²) in [7, 11) is 0. The van der Waals surface area contributed by atoms with Crippen molar-refractivity contribution in [1.29, 1.82) is 0 Å². The van der Waals surface area contributed by atoms with Gasteiger partial charge in [0.05, 0.1) is 5.41 Å². The van der Waals surface area contributed by atoms with Gasteiger partial charge in [0.15, 0.2) is 0 Å². The number of aryl methyl sites for hydroxylation is 1. The summed E-state index contributed by atoms with van der Waals surface area (Å²) in [6, 6.07) is 47.6. The predicted molar refractivity (Wildman–Crippen MR) is 150 cm³/mol. The highest BCUT2D eigenvalue weighted by atomic mass is 14.5. The highest BCUT2D eigenvalue weighted by molar-refractivity contribution is 6.00. The van der Waals surface area contributed by atoms with E-state index in [1.165, 1.54) is 72.0 Å². The summed E-state index contributed by atoms with van der Waals surface area (Å²) >= 11 is 0. The van der Waals surface area contributed by atoms with Crippen LogP contribution in [-0.4, -0.2) is 0 Å². The lowest BCUT2D eigenvalue weighted by molar-refractivity contribution is 0.793. The molecule has 0 heteroatoms. The van der Waals surface area contributed by atoms with Crippen molar-refractivity contribution in [3.63, 3.8) is 0 Å². The van der Waals surface area contributed by atoms with E-state index < -0.39 is 0 Å². The Bertz CT molecular complexity index is 1800. The maximum atomic E-state index is 2.48. The normalized spacial score (nSPS) is 13.9. The van der Waals surface area contributed by atoms with Crippen molar-refractivity contribution in [2.75, 3.05) is 0 Å². The van der Waals surface area contributed by atoms with Crippen molar-refractivity contribution in [2.45, 2.75) is 12.3 Å². The second-order valence-corrected chi connectivity index (χ2v) is 10.2. The first kappa shape index (κ1) is 19.8. The van der Waals surface area contributed by atoms with Crippen LogP contribution in [0.25, 0.3) is 44.2 Å². The Hall–Kier alpha value is -4.42. The lowest BCUT2D eigenvalue weighted by atomic mass is 9.70. The van der Waals surface area contributed by atoms with Crippen molar-refractivity contribution >= 4 is 10.8 Å².